The van der Waals surface area contributed by atoms with Gasteiger partial charge >= 0.3 is 0 Å². The predicted molar refractivity (Wildman–Crippen MR) is 382 cm³/mol. The summed E-state index contributed by atoms with van der Waals surface area (Å²) in [6.45, 7) is 0. The maximum atomic E-state index is 9.42. The molecule has 0 aliphatic rings. The van der Waals surface area contributed by atoms with Crippen molar-refractivity contribution < 1.29 is 5.48 Å². The van der Waals surface area contributed by atoms with Crippen LogP contribution in [0, 0.1) is 0 Å². The zero-order chi connectivity index (χ0) is 62.4. The molecule has 0 atom stereocenters. The first-order valence-corrected chi connectivity index (χ1v) is 34.5. The highest BCUT2D eigenvalue weighted by molar-refractivity contribution is 7.21. The molecule has 0 aliphatic heterocycles. The van der Waals surface area contributed by atoms with Crippen LogP contribution in [0.2, 0.25) is 0 Å². The van der Waals surface area contributed by atoms with Gasteiger partial charge < -0.3 is 13.7 Å². The number of nitrogens with zero attached hydrogens (tertiary/aromatic N) is 3. The molecular formula is C84H59N3Si2. The van der Waals surface area contributed by atoms with E-state index >= 15 is 0 Å². The SMILES string of the molecule is [2H]c1c([2H])c([2H])c2c(c1[2H])c1ccccc1n2-c1cccc([Si](c2ccccc2)(c2ccccc2)c2cccc3c2c2ccccc2n3-c2ccc3c(c2)c2ccccc2n3-c2cccc([Si](c3ccccc3)(c3ccccc3)c3cccc(-c4ccccc4)c3)c2)c1. The molecule has 3 heterocycles. The molecule has 0 N–H and O–H groups in total. The highest BCUT2D eigenvalue weighted by Crippen LogP contribution is 2.38. The highest BCUT2D eigenvalue weighted by Gasteiger charge is 2.44. The van der Waals surface area contributed by atoms with E-state index in [2.05, 4.69) is 319 Å². The van der Waals surface area contributed by atoms with Gasteiger partial charge in [-0.25, -0.2) is 0 Å². The van der Waals surface area contributed by atoms with Crippen LogP contribution < -0.4 is 41.5 Å². The van der Waals surface area contributed by atoms with Crippen molar-refractivity contribution in [1.82, 2.24) is 13.7 Å². The van der Waals surface area contributed by atoms with Gasteiger partial charge in [-0.05, 0) is 125 Å². The van der Waals surface area contributed by atoms with E-state index in [4.69, 9.17) is 2.74 Å². The molecule has 0 radical (unpaired) electrons. The van der Waals surface area contributed by atoms with Gasteiger partial charge in [-0.1, -0.05) is 285 Å². The first kappa shape index (κ1) is 48.1. The Balaban J connectivity index is 0.881. The minimum Gasteiger partial charge on any atom is -0.309 e. The Morgan fingerprint density at radius 3 is 1.20 bits per heavy atom. The molecule has 5 heteroatoms. The van der Waals surface area contributed by atoms with Gasteiger partial charge in [-0.15, -0.1) is 0 Å². The highest BCUT2D eigenvalue weighted by atomic mass is 28.3. The summed E-state index contributed by atoms with van der Waals surface area (Å²) in [7, 11) is -6.39. The minimum atomic E-state index is -3.39. The van der Waals surface area contributed by atoms with Crippen LogP contribution in [0.3, 0.4) is 0 Å². The molecule has 17 aromatic rings. The van der Waals surface area contributed by atoms with Crippen LogP contribution in [-0.2, 0) is 0 Å². The first-order valence-electron chi connectivity index (χ1n) is 32.5. The molecule has 0 bridgehead atoms. The second-order valence-electron chi connectivity index (χ2n) is 23.2. The van der Waals surface area contributed by atoms with Gasteiger partial charge in [0.15, 0.2) is 16.1 Å². The molecule has 89 heavy (non-hydrogen) atoms. The van der Waals surface area contributed by atoms with Crippen molar-refractivity contribution in [2.75, 3.05) is 0 Å². The third kappa shape index (κ3) is 8.17. The van der Waals surface area contributed by atoms with Crippen LogP contribution >= 0.6 is 0 Å². The molecule has 3 aromatic heterocycles. The summed E-state index contributed by atoms with van der Waals surface area (Å²) in [5.41, 5.74) is 11.1. The normalized spacial score (nSPS) is 12.7. The van der Waals surface area contributed by atoms with Crippen molar-refractivity contribution in [2.45, 2.75) is 0 Å². The summed E-state index contributed by atoms with van der Waals surface area (Å²) in [5.74, 6) is 0. The minimum absolute atomic E-state index is 0.0413. The summed E-state index contributed by atoms with van der Waals surface area (Å²) < 4.78 is 43.3. The standard InChI is InChI=1S/C84H59N3Si2/c1-6-28-60(29-7-1)61-30-24-41-69(56-61)88(65-33-8-2-9-34-65,66-35-10-3-11-36-66)70-42-25-31-62(57-70)86-79-50-22-18-46-74(79)76-59-64(54-55-81(76)86)87-80-51-23-19-47-75(80)84-82(87)52-27-53-83(84)89(67-37-12-4-13-38-67,68-39-14-5-15-40-68)71-43-26-32-63(58-71)85-77-48-20-16-44-72(77)73-45-17-21-49-78(73)85/h1-59H/i16D,20D,44D,48D. The molecule has 0 spiro atoms. The number of para-hydroxylation sites is 4. The Hall–Kier alpha value is -11.1. The lowest BCUT2D eigenvalue weighted by molar-refractivity contribution is 1.17. The van der Waals surface area contributed by atoms with Gasteiger partial charge in [-0.3, -0.25) is 0 Å². The van der Waals surface area contributed by atoms with Gasteiger partial charge in [-0.2, -0.15) is 0 Å². The second-order valence-corrected chi connectivity index (χ2v) is 30.8. The first-order chi connectivity index (χ1) is 45.8. The zero-order valence-corrected chi connectivity index (χ0v) is 50.6. The van der Waals surface area contributed by atoms with Crippen LogP contribution in [-0.4, -0.2) is 29.8 Å². The fourth-order valence-corrected chi connectivity index (χ4v) is 24.8. The maximum Gasteiger partial charge on any atom is 0.180 e. The quantitative estimate of drug-likeness (QED) is 0.0855. The summed E-state index contributed by atoms with van der Waals surface area (Å²) >= 11 is 0. The van der Waals surface area contributed by atoms with Crippen molar-refractivity contribution in [3.05, 3.63) is 358 Å². The lowest BCUT2D eigenvalue weighted by Gasteiger charge is -2.35. The van der Waals surface area contributed by atoms with E-state index in [0.717, 1.165) is 66.0 Å². The van der Waals surface area contributed by atoms with Crippen LogP contribution in [0.4, 0.5) is 0 Å². The molecule has 0 saturated carbocycles. The van der Waals surface area contributed by atoms with E-state index in [1.165, 1.54) is 58.2 Å². The lowest BCUT2D eigenvalue weighted by Crippen LogP contribution is -2.74. The Morgan fingerprint density at radius 2 is 0.607 bits per heavy atom. The summed E-state index contributed by atoms with van der Waals surface area (Å²) in [6.07, 6.45) is 0. The van der Waals surface area contributed by atoms with Crippen LogP contribution in [0.15, 0.2) is 358 Å². The van der Waals surface area contributed by atoms with E-state index in [-0.39, 0.29) is 24.2 Å². The molecule has 3 nitrogen and oxygen atoms in total. The van der Waals surface area contributed by atoms with Crippen LogP contribution in [0.25, 0.3) is 93.6 Å². The van der Waals surface area contributed by atoms with E-state index in [1.54, 1.807) is 0 Å². The molecule has 0 saturated heterocycles. The molecule has 17 rings (SSSR count). The summed E-state index contributed by atoms with van der Waals surface area (Å²) in [6, 6.07) is 122. The molecule has 0 unspecified atom stereocenters. The molecule has 14 aromatic carbocycles. The smallest absolute Gasteiger partial charge is 0.180 e. The molecular weight excluding hydrogens is 1110 g/mol. The third-order valence-corrected chi connectivity index (χ3v) is 28.2. The largest absolute Gasteiger partial charge is 0.309 e. The lowest BCUT2D eigenvalue weighted by atomic mass is 10.1. The molecule has 418 valence electrons. The summed E-state index contributed by atoms with van der Waals surface area (Å²) in [4.78, 5) is 0. The predicted octanol–water partition coefficient (Wildman–Crippen LogP) is 15.4. The average molecular weight is 1170 g/mol. The third-order valence-electron chi connectivity index (χ3n) is 18.6. The Bertz CT molecular complexity index is 5670. The number of hydrogen-bond donors (Lipinski definition) is 0. The maximum absolute atomic E-state index is 9.42. The van der Waals surface area contributed by atoms with Gasteiger partial charge in [0.2, 0.25) is 0 Å². The molecule has 0 amide bonds. The Morgan fingerprint density at radius 1 is 0.225 bits per heavy atom. The number of hydrogen-bond acceptors (Lipinski definition) is 0. The van der Waals surface area contributed by atoms with Crippen molar-refractivity contribution in [2.24, 2.45) is 0 Å². The monoisotopic (exact) mass is 1170 g/mol. The number of fused-ring (bicyclic) bond motifs is 9. The van der Waals surface area contributed by atoms with Gasteiger partial charge in [0.05, 0.1) is 38.6 Å². The van der Waals surface area contributed by atoms with E-state index < -0.39 is 16.1 Å². The number of rotatable bonds is 12. The Labute approximate surface area is 525 Å². The van der Waals surface area contributed by atoms with Crippen molar-refractivity contribution in [3.63, 3.8) is 0 Å². The van der Waals surface area contributed by atoms with Crippen molar-refractivity contribution >= 4 is 123 Å². The molecule has 0 fully saturated rings. The fourth-order valence-electron chi connectivity index (χ4n) is 15.0. The fraction of sp³-hybridized carbons (Fsp3) is 0. The van der Waals surface area contributed by atoms with Crippen LogP contribution in [0.5, 0.6) is 0 Å². The van der Waals surface area contributed by atoms with Gasteiger partial charge in [0.1, 0.15) is 0 Å². The molecule has 0 aliphatic carbocycles. The van der Waals surface area contributed by atoms with E-state index in [0.29, 0.717) is 10.9 Å². The van der Waals surface area contributed by atoms with E-state index in [1.807, 2.05) is 28.8 Å². The van der Waals surface area contributed by atoms with E-state index in [9.17, 15) is 2.74 Å². The zero-order valence-electron chi connectivity index (χ0n) is 52.6. The van der Waals surface area contributed by atoms with Crippen LogP contribution in [0.1, 0.15) is 5.48 Å². The average Bonchev–Trinajstić information content (AvgIpc) is 1.65. The second kappa shape index (κ2) is 21.4. The van der Waals surface area contributed by atoms with Gasteiger partial charge in [0, 0.05) is 49.4 Å². The summed E-state index contributed by atoms with van der Waals surface area (Å²) in [5, 5.41) is 16.0. The topological polar surface area (TPSA) is 14.8 Å². The Kier molecular flexibility index (Phi) is 11.6. The number of aromatic nitrogens is 3. The van der Waals surface area contributed by atoms with Gasteiger partial charge in [0.25, 0.3) is 0 Å². The number of benzene rings is 14. The van der Waals surface area contributed by atoms with Crippen molar-refractivity contribution in [3.8, 4) is 28.2 Å². The van der Waals surface area contributed by atoms with Crippen molar-refractivity contribution in [1.29, 1.82) is 0 Å².